The second kappa shape index (κ2) is 11.1. The van der Waals surface area contributed by atoms with E-state index < -0.39 is 35.7 Å². The van der Waals surface area contributed by atoms with Crippen LogP contribution in [0.1, 0.15) is 61.2 Å². The number of imide groups is 2. The summed E-state index contributed by atoms with van der Waals surface area (Å²) in [4.78, 5) is 59.8. The molecule has 4 amide bonds. The summed E-state index contributed by atoms with van der Waals surface area (Å²) in [5.41, 5.74) is 6.91. The predicted molar refractivity (Wildman–Crippen MR) is 209 cm³/mol. The van der Waals surface area contributed by atoms with Gasteiger partial charge in [0.25, 0.3) is 23.6 Å². The molecular formula is C46H32N4O4. The zero-order chi connectivity index (χ0) is 36.4. The van der Waals surface area contributed by atoms with Crippen molar-refractivity contribution in [2.75, 3.05) is 0 Å². The number of nitrogens with zero attached hydrogens (tertiary/aromatic N) is 4. The molecule has 260 valence electrons. The Kier molecular flexibility index (Phi) is 6.33. The molecule has 4 heterocycles. The summed E-state index contributed by atoms with van der Waals surface area (Å²) in [6, 6.07) is 42.2. The molecule has 0 spiro atoms. The molecule has 1 aliphatic carbocycles. The molecule has 3 unspecified atom stereocenters. The molecule has 1 saturated carbocycles. The van der Waals surface area contributed by atoms with Crippen LogP contribution in [0.15, 0.2) is 133 Å². The SMILES string of the molecule is CC1CCC(N2C(=O)c3ccc(-n4c5ccccc5c5ccccc54)cc3C2=O)C1N1C(=O)c2ccc(-n3c4ccccc4c4ccccc43)cc2C1=O. The Hall–Kier alpha value is -6.80. The van der Waals surface area contributed by atoms with Crippen molar-refractivity contribution in [3.63, 3.8) is 0 Å². The Morgan fingerprint density at radius 3 is 1.24 bits per heavy atom. The van der Waals surface area contributed by atoms with Crippen molar-refractivity contribution in [1.82, 2.24) is 18.9 Å². The fraction of sp³-hybridized carbons (Fsp3) is 0.130. The fourth-order valence-electron chi connectivity index (χ4n) is 9.61. The number of hydrogen-bond acceptors (Lipinski definition) is 4. The van der Waals surface area contributed by atoms with E-state index in [4.69, 9.17) is 0 Å². The van der Waals surface area contributed by atoms with Gasteiger partial charge in [0.2, 0.25) is 0 Å². The summed E-state index contributed by atoms with van der Waals surface area (Å²) in [7, 11) is 0. The van der Waals surface area contributed by atoms with Gasteiger partial charge >= 0.3 is 0 Å². The third kappa shape index (κ3) is 4.02. The van der Waals surface area contributed by atoms with E-state index in [1.54, 1.807) is 24.3 Å². The van der Waals surface area contributed by atoms with Crippen molar-refractivity contribution in [3.05, 3.63) is 156 Å². The molecule has 54 heavy (non-hydrogen) atoms. The van der Waals surface area contributed by atoms with Gasteiger partial charge in [-0.15, -0.1) is 0 Å². The van der Waals surface area contributed by atoms with E-state index in [-0.39, 0.29) is 5.92 Å². The first kappa shape index (κ1) is 30.8. The number of amides is 4. The Morgan fingerprint density at radius 2 is 0.796 bits per heavy atom. The van der Waals surface area contributed by atoms with E-state index in [0.717, 1.165) is 55.0 Å². The molecule has 2 aromatic heterocycles. The van der Waals surface area contributed by atoms with E-state index in [0.29, 0.717) is 35.1 Å². The molecule has 1 fully saturated rings. The lowest BCUT2D eigenvalue weighted by Gasteiger charge is -2.34. The standard InChI is InChI=1S/C46H32N4O4/c1-26-18-23-41(49-43(51)33-21-19-27(24-35(33)45(49)53)47-37-14-6-2-10-29(37)30-11-3-7-15-38(30)47)42(26)50-44(52)34-22-20-28(25-36(34)46(50)54)48-39-16-8-4-12-31(39)32-13-5-9-17-40(32)48/h2-17,19-22,24-26,41-42H,18,23H2,1H3. The van der Waals surface area contributed by atoms with E-state index in [1.807, 2.05) is 67.6 Å². The largest absolute Gasteiger partial charge is 0.309 e. The molecule has 0 bridgehead atoms. The van der Waals surface area contributed by atoms with Gasteiger partial charge < -0.3 is 9.13 Å². The van der Waals surface area contributed by atoms with Crippen molar-refractivity contribution < 1.29 is 19.2 Å². The van der Waals surface area contributed by atoms with Crippen LogP contribution in [0.3, 0.4) is 0 Å². The van der Waals surface area contributed by atoms with E-state index in [1.165, 1.54) is 9.80 Å². The highest BCUT2D eigenvalue weighted by Crippen LogP contribution is 2.42. The maximum absolute atomic E-state index is 14.4. The van der Waals surface area contributed by atoms with Crippen LogP contribution in [0.25, 0.3) is 55.0 Å². The summed E-state index contributed by atoms with van der Waals surface area (Å²) in [5.74, 6) is -1.69. The molecule has 11 rings (SSSR count). The fourth-order valence-corrected chi connectivity index (χ4v) is 9.61. The lowest BCUT2D eigenvalue weighted by atomic mass is 10.0. The molecule has 3 aliphatic rings. The molecular weight excluding hydrogens is 673 g/mol. The average molecular weight is 705 g/mol. The zero-order valence-electron chi connectivity index (χ0n) is 29.3. The highest BCUT2D eigenvalue weighted by Gasteiger charge is 2.53. The Labute approximate surface area is 309 Å². The minimum Gasteiger partial charge on any atom is -0.309 e. The number of hydrogen-bond donors (Lipinski definition) is 0. The lowest BCUT2D eigenvalue weighted by molar-refractivity contribution is 0.0368. The first-order chi connectivity index (χ1) is 26.4. The van der Waals surface area contributed by atoms with E-state index >= 15 is 0 Å². The number of carbonyl (C=O) groups excluding carboxylic acids is 4. The zero-order valence-corrected chi connectivity index (χ0v) is 29.3. The van der Waals surface area contributed by atoms with Crippen molar-refractivity contribution in [2.45, 2.75) is 31.8 Å². The summed E-state index contributed by atoms with van der Waals surface area (Å²) in [6.45, 7) is 2.00. The summed E-state index contributed by atoms with van der Waals surface area (Å²) >= 11 is 0. The average Bonchev–Trinajstić information content (AvgIpc) is 3.96. The van der Waals surface area contributed by atoms with Gasteiger partial charge in [0, 0.05) is 32.9 Å². The third-order valence-electron chi connectivity index (χ3n) is 12.0. The second-order valence-corrected chi connectivity index (χ2v) is 14.8. The van der Waals surface area contributed by atoms with Crippen molar-refractivity contribution in [3.8, 4) is 11.4 Å². The van der Waals surface area contributed by atoms with Crippen LogP contribution >= 0.6 is 0 Å². The van der Waals surface area contributed by atoms with Crippen molar-refractivity contribution in [2.24, 2.45) is 5.92 Å². The monoisotopic (exact) mass is 704 g/mol. The van der Waals surface area contributed by atoms with Crippen LogP contribution in [-0.2, 0) is 0 Å². The normalized spacial score (nSPS) is 19.7. The van der Waals surface area contributed by atoms with Crippen LogP contribution in [0, 0.1) is 5.92 Å². The highest BCUT2D eigenvalue weighted by atomic mass is 16.2. The third-order valence-corrected chi connectivity index (χ3v) is 12.0. The minimum atomic E-state index is -0.659. The molecule has 0 N–H and O–H groups in total. The van der Waals surface area contributed by atoms with Gasteiger partial charge in [0.1, 0.15) is 0 Å². The van der Waals surface area contributed by atoms with Gasteiger partial charge in [0.05, 0.1) is 56.4 Å². The number of rotatable bonds is 4. The van der Waals surface area contributed by atoms with Crippen LogP contribution in [0.4, 0.5) is 0 Å². The van der Waals surface area contributed by atoms with E-state index in [9.17, 15) is 19.2 Å². The number of carbonyl (C=O) groups is 4. The Bertz CT molecular complexity index is 2880. The van der Waals surface area contributed by atoms with Crippen LogP contribution in [0.2, 0.25) is 0 Å². The first-order valence-corrected chi connectivity index (χ1v) is 18.4. The molecule has 6 aromatic carbocycles. The smallest absolute Gasteiger partial charge is 0.261 e. The van der Waals surface area contributed by atoms with Crippen molar-refractivity contribution in [1.29, 1.82) is 0 Å². The van der Waals surface area contributed by atoms with Gasteiger partial charge in [0.15, 0.2) is 0 Å². The second-order valence-electron chi connectivity index (χ2n) is 14.8. The van der Waals surface area contributed by atoms with Crippen LogP contribution in [0.5, 0.6) is 0 Å². The molecule has 8 aromatic rings. The Morgan fingerprint density at radius 1 is 0.426 bits per heavy atom. The van der Waals surface area contributed by atoms with Gasteiger partial charge in [-0.3, -0.25) is 29.0 Å². The van der Waals surface area contributed by atoms with Gasteiger partial charge in [-0.25, -0.2) is 0 Å². The summed E-state index contributed by atoms with van der Waals surface area (Å²) in [6.07, 6.45) is 1.16. The summed E-state index contributed by atoms with van der Waals surface area (Å²) in [5, 5.41) is 4.40. The van der Waals surface area contributed by atoms with Gasteiger partial charge in [-0.1, -0.05) is 79.7 Å². The number of para-hydroxylation sites is 4. The van der Waals surface area contributed by atoms with Gasteiger partial charge in [-0.2, -0.15) is 0 Å². The van der Waals surface area contributed by atoms with E-state index in [2.05, 4.69) is 57.7 Å². The lowest BCUT2D eigenvalue weighted by Crippen LogP contribution is -2.54. The van der Waals surface area contributed by atoms with Gasteiger partial charge in [-0.05, 0) is 79.4 Å². The molecule has 8 nitrogen and oxygen atoms in total. The first-order valence-electron chi connectivity index (χ1n) is 18.4. The molecule has 0 radical (unpaired) electrons. The highest BCUT2D eigenvalue weighted by molar-refractivity contribution is 6.24. The molecule has 2 aliphatic heterocycles. The minimum absolute atomic E-state index is 0.119. The molecule has 3 atom stereocenters. The Balaban J connectivity index is 0.954. The molecule has 0 saturated heterocycles. The maximum atomic E-state index is 14.4. The van der Waals surface area contributed by atoms with Crippen LogP contribution in [-0.4, -0.2) is 54.6 Å². The van der Waals surface area contributed by atoms with Crippen LogP contribution < -0.4 is 0 Å². The van der Waals surface area contributed by atoms with Crippen molar-refractivity contribution >= 4 is 67.2 Å². The number of fused-ring (bicyclic) bond motifs is 8. The number of benzene rings is 6. The quantitative estimate of drug-likeness (QED) is 0.171. The number of aromatic nitrogens is 2. The molecule has 8 heteroatoms. The summed E-state index contributed by atoms with van der Waals surface area (Å²) < 4.78 is 4.25. The predicted octanol–water partition coefficient (Wildman–Crippen LogP) is 8.94. The topological polar surface area (TPSA) is 84.6 Å². The maximum Gasteiger partial charge on any atom is 0.261 e.